The Morgan fingerprint density at radius 3 is 2.31 bits per heavy atom. The second kappa shape index (κ2) is 12.9. The van der Waals surface area contributed by atoms with E-state index in [4.69, 9.17) is 16.3 Å². The Balaban J connectivity index is 2.48. The van der Waals surface area contributed by atoms with Gasteiger partial charge in [0.15, 0.2) is 0 Å². The number of rotatable bonds is 12. The minimum atomic E-state index is -3.95. The quantitative estimate of drug-likeness (QED) is 0.440. The first-order valence-electron chi connectivity index (χ1n) is 11.5. The summed E-state index contributed by atoms with van der Waals surface area (Å²) in [6.45, 7) is 5.47. The Morgan fingerprint density at radius 1 is 1.14 bits per heavy atom. The summed E-state index contributed by atoms with van der Waals surface area (Å²) in [6.07, 6.45) is 1.26. The number of ether oxygens (including phenoxy) is 1. The van der Waals surface area contributed by atoms with Gasteiger partial charge in [0.25, 0.3) is 0 Å². The molecule has 198 valence electrons. The summed E-state index contributed by atoms with van der Waals surface area (Å²) in [4.78, 5) is 28.0. The number of anilines is 1. The van der Waals surface area contributed by atoms with Gasteiger partial charge in [-0.05, 0) is 48.2 Å². The van der Waals surface area contributed by atoms with Gasteiger partial charge in [-0.2, -0.15) is 0 Å². The number of sulfonamides is 1. The number of nitrogens with one attached hydrogen (secondary N) is 1. The molecule has 2 rings (SSSR count). The summed E-state index contributed by atoms with van der Waals surface area (Å²) in [5, 5.41) is 3.10. The maximum Gasteiger partial charge on any atom is 0.244 e. The molecule has 0 aliphatic rings. The number of benzene rings is 2. The van der Waals surface area contributed by atoms with Gasteiger partial charge >= 0.3 is 0 Å². The van der Waals surface area contributed by atoms with Gasteiger partial charge in [0.1, 0.15) is 24.2 Å². The summed E-state index contributed by atoms with van der Waals surface area (Å²) in [7, 11) is -2.57. The largest absolute Gasteiger partial charge is 0.495 e. The van der Waals surface area contributed by atoms with Crippen LogP contribution >= 0.6 is 11.6 Å². The van der Waals surface area contributed by atoms with E-state index >= 15 is 0 Å². The van der Waals surface area contributed by atoms with Crippen LogP contribution in [-0.2, 0) is 26.2 Å². The Kier molecular flexibility index (Phi) is 10.5. The van der Waals surface area contributed by atoms with Gasteiger partial charge in [-0.3, -0.25) is 13.9 Å². The summed E-state index contributed by atoms with van der Waals surface area (Å²) in [5.41, 5.74) is 0.686. The van der Waals surface area contributed by atoms with E-state index in [0.29, 0.717) is 12.1 Å². The predicted octanol–water partition coefficient (Wildman–Crippen LogP) is 3.83. The van der Waals surface area contributed by atoms with Crippen LogP contribution < -0.4 is 14.4 Å². The first kappa shape index (κ1) is 29.4. The fraction of sp³-hybridized carbons (Fsp3) is 0.440. The van der Waals surface area contributed by atoms with Gasteiger partial charge in [0.2, 0.25) is 21.8 Å². The van der Waals surface area contributed by atoms with E-state index in [1.807, 2.05) is 13.8 Å². The lowest BCUT2D eigenvalue weighted by molar-refractivity contribution is -0.140. The number of nitrogens with zero attached hydrogens (tertiary/aromatic N) is 2. The maximum atomic E-state index is 13.7. The smallest absolute Gasteiger partial charge is 0.244 e. The monoisotopic (exact) mass is 541 g/mol. The molecule has 1 atom stereocenters. The molecule has 2 amide bonds. The first-order chi connectivity index (χ1) is 16.9. The third kappa shape index (κ3) is 8.09. The van der Waals surface area contributed by atoms with Crippen molar-refractivity contribution in [3.63, 3.8) is 0 Å². The third-order valence-corrected chi connectivity index (χ3v) is 6.79. The van der Waals surface area contributed by atoms with Crippen LogP contribution in [0.2, 0.25) is 5.02 Å². The third-order valence-electron chi connectivity index (χ3n) is 5.43. The first-order valence-corrected chi connectivity index (χ1v) is 13.7. The average molecular weight is 542 g/mol. The number of hydrogen-bond acceptors (Lipinski definition) is 5. The Hall–Kier alpha value is -2.85. The number of amides is 2. The predicted molar refractivity (Wildman–Crippen MR) is 139 cm³/mol. The molecule has 0 saturated heterocycles. The lowest BCUT2D eigenvalue weighted by Crippen LogP contribution is -2.52. The number of carbonyl (C=O) groups is 2. The van der Waals surface area contributed by atoms with E-state index in [9.17, 15) is 22.4 Å². The van der Waals surface area contributed by atoms with Gasteiger partial charge in [-0.15, -0.1) is 0 Å². The van der Waals surface area contributed by atoms with E-state index in [-0.39, 0.29) is 41.3 Å². The number of hydrogen-bond donors (Lipinski definition) is 1. The standard InChI is InChI=1S/C25H33ClFN3O5S/c1-6-21(25(32)28-14-17(2)3)29(15-18-7-10-20(27)11-8-18)24(31)16-30(36(5,33)34)22-13-19(26)9-12-23(22)35-4/h7-13,17,21H,6,14-16H2,1-5H3,(H,28,32). The molecule has 0 saturated carbocycles. The number of halogens is 2. The Labute approximate surface area is 217 Å². The van der Waals surface area contributed by atoms with Crippen molar-refractivity contribution in [3.8, 4) is 5.75 Å². The van der Waals surface area contributed by atoms with Crippen molar-refractivity contribution in [2.45, 2.75) is 39.8 Å². The van der Waals surface area contributed by atoms with Crippen LogP contribution in [0.25, 0.3) is 0 Å². The van der Waals surface area contributed by atoms with Crippen molar-refractivity contribution in [3.05, 3.63) is 58.9 Å². The summed E-state index contributed by atoms with van der Waals surface area (Å²) < 4.78 is 45.2. The highest BCUT2D eigenvalue weighted by Crippen LogP contribution is 2.33. The molecule has 0 aliphatic heterocycles. The van der Waals surface area contributed by atoms with Crippen molar-refractivity contribution < 1.29 is 27.1 Å². The van der Waals surface area contributed by atoms with E-state index in [1.165, 1.54) is 48.4 Å². The summed E-state index contributed by atoms with van der Waals surface area (Å²) in [6, 6.07) is 9.12. The Bertz CT molecular complexity index is 1160. The van der Waals surface area contributed by atoms with Gasteiger partial charge < -0.3 is 15.0 Å². The fourth-order valence-electron chi connectivity index (χ4n) is 3.58. The molecule has 1 unspecified atom stereocenters. The highest BCUT2D eigenvalue weighted by molar-refractivity contribution is 7.92. The van der Waals surface area contributed by atoms with Crippen LogP contribution in [0.15, 0.2) is 42.5 Å². The molecule has 0 heterocycles. The molecule has 36 heavy (non-hydrogen) atoms. The summed E-state index contributed by atoms with van der Waals surface area (Å²) in [5.74, 6) is -0.992. The van der Waals surface area contributed by atoms with Crippen molar-refractivity contribution in [1.29, 1.82) is 0 Å². The van der Waals surface area contributed by atoms with Crippen LogP contribution in [0.5, 0.6) is 5.75 Å². The second-order valence-corrected chi connectivity index (χ2v) is 11.1. The zero-order valence-electron chi connectivity index (χ0n) is 21.1. The zero-order chi connectivity index (χ0) is 27.0. The van der Waals surface area contributed by atoms with Crippen LogP contribution in [0, 0.1) is 11.7 Å². The number of methoxy groups -OCH3 is 1. The topological polar surface area (TPSA) is 96.0 Å². The normalized spacial score (nSPS) is 12.2. The summed E-state index contributed by atoms with van der Waals surface area (Å²) >= 11 is 6.11. The molecule has 0 fully saturated rings. The van der Waals surface area contributed by atoms with Gasteiger partial charge in [0.05, 0.1) is 19.1 Å². The van der Waals surface area contributed by atoms with Crippen LogP contribution in [0.3, 0.4) is 0 Å². The van der Waals surface area contributed by atoms with Crippen molar-refractivity contribution in [1.82, 2.24) is 10.2 Å². The minimum Gasteiger partial charge on any atom is -0.495 e. The SMILES string of the molecule is CCC(C(=O)NCC(C)C)N(Cc1ccc(F)cc1)C(=O)CN(c1cc(Cl)ccc1OC)S(C)(=O)=O. The molecule has 2 aromatic rings. The Morgan fingerprint density at radius 2 is 1.78 bits per heavy atom. The molecule has 11 heteroatoms. The average Bonchev–Trinajstić information content (AvgIpc) is 2.81. The molecule has 0 aliphatic carbocycles. The van der Waals surface area contributed by atoms with Crippen molar-refractivity contribution in [2.24, 2.45) is 5.92 Å². The number of carbonyl (C=O) groups excluding carboxylic acids is 2. The highest BCUT2D eigenvalue weighted by atomic mass is 35.5. The molecule has 0 aromatic heterocycles. The van der Waals surface area contributed by atoms with Gasteiger partial charge in [-0.25, -0.2) is 12.8 Å². The zero-order valence-corrected chi connectivity index (χ0v) is 22.7. The van der Waals surface area contributed by atoms with E-state index in [0.717, 1.165) is 10.6 Å². The van der Waals surface area contributed by atoms with E-state index < -0.39 is 34.3 Å². The van der Waals surface area contributed by atoms with Crippen LogP contribution in [0.1, 0.15) is 32.8 Å². The molecule has 2 aromatic carbocycles. The van der Waals surface area contributed by atoms with E-state index in [2.05, 4.69) is 5.32 Å². The molecular formula is C25H33ClFN3O5S. The molecule has 1 N–H and O–H groups in total. The highest BCUT2D eigenvalue weighted by Gasteiger charge is 2.32. The molecular weight excluding hydrogens is 509 g/mol. The van der Waals surface area contributed by atoms with Crippen LogP contribution in [-0.4, -0.2) is 57.6 Å². The molecule has 0 radical (unpaired) electrons. The maximum absolute atomic E-state index is 13.7. The molecule has 8 nitrogen and oxygen atoms in total. The lowest BCUT2D eigenvalue weighted by atomic mass is 10.1. The van der Waals surface area contributed by atoms with Crippen LogP contribution in [0.4, 0.5) is 10.1 Å². The second-order valence-electron chi connectivity index (χ2n) is 8.80. The minimum absolute atomic E-state index is 0.0169. The van der Waals surface area contributed by atoms with E-state index in [1.54, 1.807) is 13.0 Å². The van der Waals surface area contributed by atoms with Gasteiger partial charge in [0, 0.05) is 18.1 Å². The van der Waals surface area contributed by atoms with Gasteiger partial charge in [-0.1, -0.05) is 44.5 Å². The fourth-order valence-corrected chi connectivity index (χ4v) is 4.59. The lowest BCUT2D eigenvalue weighted by Gasteiger charge is -2.33. The molecule has 0 bridgehead atoms. The molecule has 0 spiro atoms. The van der Waals surface area contributed by atoms with Crippen molar-refractivity contribution in [2.75, 3.05) is 30.8 Å². The van der Waals surface area contributed by atoms with Crippen molar-refractivity contribution >= 4 is 39.1 Å².